The second-order valence-electron chi connectivity index (χ2n) is 5.73. The van der Waals surface area contributed by atoms with Crippen molar-refractivity contribution in [1.82, 2.24) is 19.2 Å². The molecule has 0 aromatic carbocycles. The normalized spacial score (nSPS) is 16.6. The fourth-order valence-corrected chi connectivity index (χ4v) is 4.45. The van der Waals surface area contributed by atoms with Gasteiger partial charge in [0, 0.05) is 50.4 Å². The highest BCUT2D eigenvalue weighted by atomic mass is 32.2. The molecule has 3 rings (SSSR count). The minimum Gasteiger partial charge on any atom is -0.345 e. The average molecular weight is 351 g/mol. The summed E-state index contributed by atoms with van der Waals surface area (Å²) >= 11 is 0. The number of carbonyl (C=O) groups excluding carboxylic acids is 1. The van der Waals surface area contributed by atoms with E-state index in [0.29, 0.717) is 56.6 Å². The Hall–Kier alpha value is -1.97. The molecule has 0 saturated carbocycles. The Balaban J connectivity index is 1.72. The molecule has 0 atom stereocenters. The Bertz CT molecular complexity index is 825. The number of pyridine rings is 1. The van der Waals surface area contributed by atoms with Gasteiger partial charge in [-0.3, -0.25) is 4.79 Å². The van der Waals surface area contributed by atoms with Gasteiger partial charge in [-0.25, -0.2) is 13.4 Å². The highest BCUT2D eigenvalue weighted by Crippen LogP contribution is 2.25. The number of H-pyrrole nitrogens is 1. The maximum Gasteiger partial charge on any atom is 0.245 e. The Morgan fingerprint density at radius 1 is 1.29 bits per heavy atom. The monoisotopic (exact) mass is 351 g/mol. The van der Waals surface area contributed by atoms with Crippen LogP contribution in [0.1, 0.15) is 12.8 Å². The van der Waals surface area contributed by atoms with Crippen LogP contribution in [0, 0.1) is 0 Å². The van der Waals surface area contributed by atoms with Gasteiger partial charge in [-0.15, -0.1) is 0 Å². The minimum absolute atomic E-state index is 0.0359. The van der Waals surface area contributed by atoms with E-state index < -0.39 is 10.0 Å². The molecule has 9 heteroatoms. The first-order chi connectivity index (χ1) is 11.5. The molecule has 3 N–H and O–H groups in total. The van der Waals surface area contributed by atoms with Gasteiger partial charge in [-0.1, -0.05) is 0 Å². The lowest BCUT2D eigenvalue weighted by Crippen LogP contribution is -2.50. The quantitative estimate of drug-likeness (QED) is 0.795. The molecule has 0 bridgehead atoms. The van der Waals surface area contributed by atoms with Gasteiger partial charge in [0.25, 0.3) is 0 Å². The van der Waals surface area contributed by atoms with Gasteiger partial charge in [0.1, 0.15) is 10.5 Å². The van der Waals surface area contributed by atoms with Gasteiger partial charge in [-0.2, -0.15) is 4.31 Å². The van der Waals surface area contributed by atoms with Crippen LogP contribution in [0.15, 0.2) is 29.4 Å². The molecule has 0 aliphatic carbocycles. The van der Waals surface area contributed by atoms with E-state index in [9.17, 15) is 13.2 Å². The van der Waals surface area contributed by atoms with E-state index in [1.54, 1.807) is 23.2 Å². The molecule has 1 saturated heterocycles. The topological polar surface area (TPSA) is 112 Å². The number of aromatic amines is 1. The standard InChI is InChI=1S/C15H21N5O3S/c16-5-1-4-14(21)19-7-9-20(10-8-19)24(22,23)13-11-18-15-12(13)3-2-6-17-15/h2-3,6,11H,1,4-5,7-10,16H2,(H,17,18). The second-order valence-corrected chi connectivity index (χ2v) is 7.64. The summed E-state index contributed by atoms with van der Waals surface area (Å²) in [6.07, 6.45) is 4.16. The lowest BCUT2D eigenvalue weighted by atomic mass is 10.2. The largest absolute Gasteiger partial charge is 0.345 e. The lowest BCUT2D eigenvalue weighted by Gasteiger charge is -2.34. The van der Waals surface area contributed by atoms with Crippen molar-refractivity contribution in [3.05, 3.63) is 24.5 Å². The number of carbonyl (C=O) groups is 1. The summed E-state index contributed by atoms with van der Waals surface area (Å²) in [7, 11) is -3.61. The Morgan fingerprint density at radius 2 is 2.04 bits per heavy atom. The van der Waals surface area contributed by atoms with E-state index in [2.05, 4.69) is 9.97 Å². The van der Waals surface area contributed by atoms with Crippen LogP contribution in [0.3, 0.4) is 0 Å². The molecule has 130 valence electrons. The van der Waals surface area contributed by atoms with E-state index in [-0.39, 0.29) is 10.8 Å². The number of fused-ring (bicyclic) bond motifs is 1. The minimum atomic E-state index is -3.61. The average Bonchev–Trinajstić information content (AvgIpc) is 3.04. The number of aromatic nitrogens is 2. The van der Waals surface area contributed by atoms with Gasteiger partial charge >= 0.3 is 0 Å². The first-order valence-electron chi connectivity index (χ1n) is 7.94. The van der Waals surface area contributed by atoms with Crippen molar-refractivity contribution in [3.63, 3.8) is 0 Å². The van der Waals surface area contributed by atoms with Crippen molar-refractivity contribution in [3.8, 4) is 0 Å². The summed E-state index contributed by atoms with van der Waals surface area (Å²) in [6.45, 7) is 1.88. The molecule has 1 amide bonds. The Kier molecular flexibility index (Phi) is 4.83. The van der Waals surface area contributed by atoms with E-state index in [1.807, 2.05) is 0 Å². The van der Waals surface area contributed by atoms with Crippen molar-refractivity contribution < 1.29 is 13.2 Å². The zero-order valence-corrected chi connectivity index (χ0v) is 14.1. The number of amides is 1. The molecule has 24 heavy (non-hydrogen) atoms. The molecule has 3 heterocycles. The maximum atomic E-state index is 12.9. The molecule has 2 aromatic heterocycles. The summed E-state index contributed by atoms with van der Waals surface area (Å²) in [6, 6.07) is 3.45. The van der Waals surface area contributed by atoms with Crippen LogP contribution in [0.25, 0.3) is 11.0 Å². The molecule has 1 aliphatic heterocycles. The highest BCUT2D eigenvalue weighted by Gasteiger charge is 2.31. The molecular formula is C15H21N5O3S. The maximum absolute atomic E-state index is 12.9. The van der Waals surface area contributed by atoms with Crippen molar-refractivity contribution in [2.45, 2.75) is 17.7 Å². The summed E-state index contributed by atoms with van der Waals surface area (Å²) in [5.41, 5.74) is 5.97. The lowest BCUT2D eigenvalue weighted by molar-refractivity contribution is -0.132. The zero-order chi connectivity index (χ0) is 17.2. The first kappa shape index (κ1) is 16.9. The third-order valence-electron chi connectivity index (χ3n) is 4.22. The first-order valence-corrected chi connectivity index (χ1v) is 9.38. The molecule has 0 radical (unpaired) electrons. The zero-order valence-electron chi connectivity index (χ0n) is 13.3. The Morgan fingerprint density at radius 3 is 2.75 bits per heavy atom. The molecule has 1 fully saturated rings. The van der Waals surface area contributed by atoms with E-state index >= 15 is 0 Å². The molecule has 8 nitrogen and oxygen atoms in total. The third kappa shape index (κ3) is 3.14. The molecule has 0 unspecified atom stereocenters. The second kappa shape index (κ2) is 6.88. The number of nitrogens with two attached hydrogens (primary N) is 1. The molecule has 0 spiro atoms. The van der Waals surface area contributed by atoms with E-state index in [0.717, 1.165) is 0 Å². The van der Waals surface area contributed by atoms with Gasteiger partial charge in [0.2, 0.25) is 15.9 Å². The van der Waals surface area contributed by atoms with Gasteiger partial charge < -0.3 is 15.6 Å². The number of nitrogens with zero attached hydrogens (tertiary/aromatic N) is 3. The van der Waals surface area contributed by atoms with E-state index in [4.69, 9.17) is 5.73 Å². The summed E-state index contributed by atoms with van der Waals surface area (Å²) in [4.78, 5) is 21.0. The van der Waals surface area contributed by atoms with Crippen LogP contribution in [0.4, 0.5) is 0 Å². The van der Waals surface area contributed by atoms with Crippen LogP contribution >= 0.6 is 0 Å². The third-order valence-corrected chi connectivity index (χ3v) is 6.16. The van der Waals surface area contributed by atoms with Gasteiger partial charge in [-0.05, 0) is 25.1 Å². The number of sulfonamides is 1. The predicted octanol–water partition coefficient (Wildman–Crippen LogP) is 0.135. The number of hydrogen-bond acceptors (Lipinski definition) is 5. The van der Waals surface area contributed by atoms with Crippen LogP contribution < -0.4 is 5.73 Å². The summed E-state index contributed by atoms with van der Waals surface area (Å²) in [5, 5.41) is 0.582. The van der Waals surface area contributed by atoms with E-state index in [1.165, 1.54) is 10.5 Å². The fraction of sp³-hybridized carbons (Fsp3) is 0.467. The highest BCUT2D eigenvalue weighted by molar-refractivity contribution is 7.89. The van der Waals surface area contributed by atoms with Crippen molar-refractivity contribution in [2.75, 3.05) is 32.7 Å². The fourth-order valence-electron chi connectivity index (χ4n) is 2.87. The number of nitrogens with one attached hydrogen (secondary N) is 1. The predicted molar refractivity (Wildman–Crippen MR) is 89.7 cm³/mol. The Labute approximate surface area is 140 Å². The SMILES string of the molecule is NCCCC(=O)N1CCN(S(=O)(=O)c2c[nH]c3ncccc23)CC1. The summed E-state index contributed by atoms with van der Waals surface area (Å²) in [5.74, 6) is 0.0359. The van der Waals surface area contributed by atoms with Crippen LogP contribution in [-0.2, 0) is 14.8 Å². The molecular weight excluding hydrogens is 330 g/mol. The van der Waals surface area contributed by atoms with Crippen molar-refractivity contribution >= 4 is 27.0 Å². The van der Waals surface area contributed by atoms with Crippen LogP contribution in [0.5, 0.6) is 0 Å². The van der Waals surface area contributed by atoms with Crippen LogP contribution in [0.2, 0.25) is 0 Å². The molecule has 2 aromatic rings. The van der Waals surface area contributed by atoms with Crippen molar-refractivity contribution in [2.24, 2.45) is 5.73 Å². The summed E-state index contributed by atoms with van der Waals surface area (Å²) < 4.78 is 27.2. The van der Waals surface area contributed by atoms with Crippen molar-refractivity contribution in [1.29, 1.82) is 0 Å². The number of piperazine rings is 1. The van der Waals surface area contributed by atoms with Gasteiger partial charge in [0.05, 0.1) is 0 Å². The van der Waals surface area contributed by atoms with Crippen LogP contribution in [-0.4, -0.2) is 66.2 Å². The molecule has 1 aliphatic rings. The smallest absolute Gasteiger partial charge is 0.245 e. The number of rotatable bonds is 5. The van der Waals surface area contributed by atoms with Gasteiger partial charge in [0.15, 0.2) is 0 Å². The number of hydrogen-bond donors (Lipinski definition) is 2.